The Labute approximate surface area is 73.0 Å². The molecule has 3 heteroatoms. The summed E-state index contributed by atoms with van der Waals surface area (Å²) in [6.07, 6.45) is 1.43. The molecule has 0 N–H and O–H groups in total. The van der Waals surface area contributed by atoms with Gasteiger partial charge in [-0.05, 0) is 25.7 Å². The van der Waals surface area contributed by atoms with Crippen LogP contribution in [-0.2, 0) is 9.47 Å². The molecule has 0 bridgehead atoms. The number of hydrogen-bond acceptors (Lipinski definition) is 3. The quantitative estimate of drug-likeness (QED) is 0.613. The lowest BCUT2D eigenvalue weighted by atomic mass is 10.1. The van der Waals surface area contributed by atoms with Crippen LogP contribution in [0.1, 0.15) is 33.6 Å². The van der Waals surface area contributed by atoms with Gasteiger partial charge in [0.25, 0.3) is 0 Å². The zero-order valence-corrected chi connectivity index (χ0v) is 7.92. The topological polar surface area (TPSA) is 35.5 Å². The lowest BCUT2D eigenvalue weighted by Crippen LogP contribution is -2.25. The van der Waals surface area contributed by atoms with Crippen LogP contribution in [0.3, 0.4) is 0 Å². The largest absolute Gasteiger partial charge is 0.508 e. The first kappa shape index (κ1) is 9.36. The van der Waals surface area contributed by atoms with Crippen molar-refractivity contribution in [3.05, 3.63) is 0 Å². The second-order valence-electron chi connectivity index (χ2n) is 3.50. The number of carbonyl (C=O) groups excluding carboxylic acids is 1. The van der Waals surface area contributed by atoms with Gasteiger partial charge in [-0.3, -0.25) is 0 Å². The van der Waals surface area contributed by atoms with Crippen molar-refractivity contribution < 1.29 is 14.3 Å². The number of carbonyl (C=O) groups is 1. The molecule has 0 atom stereocenters. The summed E-state index contributed by atoms with van der Waals surface area (Å²) in [6.45, 7) is 6.28. The third-order valence-electron chi connectivity index (χ3n) is 2.34. The second kappa shape index (κ2) is 3.33. The number of rotatable bonds is 3. The molecule has 0 unspecified atom stereocenters. The molecule has 1 saturated carbocycles. The molecule has 12 heavy (non-hydrogen) atoms. The minimum absolute atomic E-state index is 0.202. The third-order valence-corrected chi connectivity index (χ3v) is 2.34. The fraction of sp³-hybridized carbons (Fsp3) is 0.889. The summed E-state index contributed by atoms with van der Waals surface area (Å²) >= 11 is 0. The Morgan fingerprint density at radius 1 is 1.50 bits per heavy atom. The van der Waals surface area contributed by atoms with E-state index < -0.39 is 6.16 Å². The van der Waals surface area contributed by atoms with Gasteiger partial charge in [-0.25, -0.2) is 4.79 Å². The summed E-state index contributed by atoms with van der Waals surface area (Å²) in [5.41, 5.74) is -0.202. The van der Waals surface area contributed by atoms with Crippen LogP contribution in [0.15, 0.2) is 0 Å². The van der Waals surface area contributed by atoms with Gasteiger partial charge in [0.05, 0.1) is 6.61 Å². The monoisotopic (exact) mass is 172 g/mol. The van der Waals surface area contributed by atoms with Crippen LogP contribution in [0.4, 0.5) is 4.79 Å². The van der Waals surface area contributed by atoms with E-state index in [1.54, 1.807) is 6.92 Å². The van der Waals surface area contributed by atoms with Crippen molar-refractivity contribution in [2.24, 2.45) is 5.92 Å². The highest BCUT2D eigenvalue weighted by molar-refractivity contribution is 5.61. The maximum Gasteiger partial charge on any atom is 0.508 e. The maximum atomic E-state index is 11.0. The Balaban J connectivity index is 2.35. The minimum Gasteiger partial charge on any atom is -0.435 e. The fourth-order valence-electron chi connectivity index (χ4n) is 1.23. The van der Waals surface area contributed by atoms with Crippen molar-refractivity contribution >= 4 is 6.16 Å². The Bertz CT molecular complexity index is 171. The van der Waals surface area contributed by atoms with Gasteiger partial charge >= 0.3 is 6.16 Å². The first-order valence-electron chi connectivity index (χ1n) is 4.46. The zero-order chi connectivity index (χ0) is 9.19. The molecule has 1 fully saturated rings. The molecule has 1 aliphatic rings. The van der Waals surface area contributed by atoms with E-state index in [1.807, 2.05) is 0 Å². The lowest BCUT2D eigenvalue weighted by Gasteiger charge is -2.19. The molecule has 0 amide bonds. The smallest absolute Gasteiger partial charge is 0.435 e. The third kappa shape index (κ3) is 1.90. The predicted molar refractivity (Wildman–Crippen MR) is 44.9 cm³/mol. The molecule has 0 aliphatic heterocycles. The summed E-state index contributed by atoms with van der Waals surface area (Å²) in [5.74, 6) is 0.391. The van der Waals surface area contributed by atoms with E-state index in [2.05, 4.69) is 13.8 Å². The van der Waals surface area contributed by atoms with E-state index in [0.29, 0.717) is 12.5 Å². The molecule has 0 aromatic rings. The summed E-state index contributed by atoms with van der Waals surface area (Å²) < 4.78 is 9.90. The van der Waals surface area contributed by atoms with Crippen molar-refractivity contribution in [1.82, 2.24) is 0 Å². The van der Waals surface area contributed by atoms with Crippen LogP contribution in [0.25, 0.3) is 0 Å². The molecule has 0 spiro atoms. The van der Waals surface area contributed by atoms with E-state index in [4.69, 9.17) is 9.47 Å². The molecule has 1 aliphatic carbocycles. The molecule has 0 saturated heterocycles. The van der Waals surface area contributed by atoms with E-state index in [0.717, 1.165) is 12.8 Å². The molecule has 0 aromatic carbocycles. The SMILES string of the molecule is CCOC(=O)OC1(C(C)C)CC1. The zero-order valence-electron chi connectivity index (χ0n) is 7.92. The Hall–Kier alpha value is -0.730. The van der Waals surface area contributed by atoms with Crippen LogP contribution >= 0.6 is 0 Å². The van der Waals surface area contributed by atoms with Crippen molar-refractivity contribution in [2.45, 2.75) is 39.2 Å². The van der Waals surface area contributed by atoms with Gasteiger partial charge in [0.1, 0.15) is 5.60 Å². The summed E-state index contributed by atoms with van der Waals surface area (Å²) in [5, 5.41) is 0. The van der Waals surface area contributed by atoms with Crippen molar-refractivity contribution in [3.63, 3.8) is 0 Å². The minimum atomic E-state index is -0.524. The van der Waals surface area contributed by atoms with Crippen LogP contribution in [0.5, 0.6) is 0 Å². The normalized spacial score (nSPS) is 19.0. The molecule has 0 aromatic heterocycles. The highest BCUT2D eigenvalue weighted by Crippen LogP contribution is 2.46. The highest BCUT2D eigenvalue weighted by Gasteiger charge is 2.49. The first-order chi connectivity index (χ1) is 5.60. The van der Waals surface area contributed by atoms with Crippen LogP contribution < -0.4 is 0 Å². The van der Waals surface area contributed by atoms with Crippen LogP contribution in [0, 0.1) is 5.92 Å². The summed E-state index contributed by atoms with van der Waals surface area (Å²) in [6, 6.07) is 0. The fourth-order valence-corrected chi connectivity index (χ4v) is 1.23. The Morgan fingerprint density at radius 3 is 2.42 bits per heavy atom. The molecule has 0 heterocycles. The van der Waals surface area contributed by atoms with Crippen LogP contribution in [0.2, 0.25) is 0 Å². The van der Waals surface area contributed by atoms with Crippen molar-refractivity contribution in [2.75, 3.05) is 6.61 Å². The molecule has 70 valence electrons. The van der Waals surface area contributed by atoms with Gasteiger partial charge in [-0.2, -0.15) is 0 Å². The molecule has 1 rings (SSSR count). The van der Waals surface area contributed by atoms with Gasteiger partial charge in [0, 0.05) is 0 Å². The average Bonchev–Trinajstić information content (AvgIpc) is 2.69. The van der Waals surface area contributed by atoms with Crippen LogP contribution in [-0.4, -0.2) is 18.4 Å². The lowest BCUT2D eigenvalue weighted by molar-refractivity contribution is -0.00299. The molecular weight excluding hydrogens is 156 g/mol. The van der Waals surface area contributed by atoms with Gasteiger partial charge in [-0.1, -0.05) is 13.8 Å². The van der Waals surface area contributed by atoms with Gasteiger partial charge in [-0.15, -0.1) is 0 Å². The highest BCUT2D eigenvalue weighted by atomic mass is 16.7. The van der Waals surface area contributed by atoms with Crippen molar-refractivity contribution in [3.8, 4) is 0 Å². The summed E-state index contributed by atoms with van der Waals surface area (Å²) in [4.78, 5) is 11.0. The van der Waals surface area contributed by atoms with Gasteiger partial charge < -0.3 is 9.47 Å². The average molecular weight is 172 g/mol. The molecule has 0 radical (unpaired) electrons. The van der Waals surface area contributed by atoms with Gasteiger partial charge in [0.15, 0.2) is 0 Å². The summed E-state index contributed by atoms with van der Waals surface area (Å²) in [7, 11) is 0. The predicted octanol–water partition coefficient (Wildman–Crippen LogP) is 2.35. The Kier molecular flexibility index (Phi) is 2.60. The molecular formula is C9H16O3. The maximum absolute atomic E-state index is 11.0. The second-order valence-corrected chi connectivity index (χ2v) is 3.50. The van der Waals surface area contributed by atoms with E-state index >= 15 is 0 Å². The van der Waals surface area contributed by atoms with E-state index in [-0.39, 0.29) is 5.60 Å². The standard InChI is InChI=1S/C9H16O3/c1-4-11-8(10)12-9(5-6-9)7(2)3/h7H,4-6H2,1-3H3. The first-order valence-corrected chi connectivity index (χ1v) is 4.46. The van der Waals surface area contributed by atoms with E-state index in [9.17, 15) is 4.79 Å². The number of ether oxygens (including phenoxy) is 2. The Morgan fingerprint density at radius 2 is 2.08 bits per heavy atom. The van der Waals surface area contributed by atoms with E-state index in [1.165, 1.54) is 0 Å². The van der Waals surface area contributed by atoms with Crippen molar-refractivity contribution in [1.29, 1.82) is 0 Å². The van der Waals surface area contributed by atoms with Gasteiger partial charge in [0.2, 0.25) is 0 Å². The number of hydrogen-bond donors (Lipinski definition) is 0. The molecule has 3 nitrogen and oxygen atoms in total.